The molecule has 1 amide bonds. The smallest absolute Gasteiger partial charge is 0.233 e. The standard InChI is InChI=1S/C19H19N5O4/c1-10-18-12(11-4-5-13(25)14(8-11)27-2)9-16(26)20-19(18)24(23-10)15-6-7-17(28-3)22-21-15/h4-8,12,25H,9H2,1-3H3,(H,20,26)/t12-/m1/s1. The van der Waals surface area contributed by atoms with Gasteiger partial charge in [0.1, 0.15) is 5.82 Å². The van der Waals surface area contributed by atoms with Crippen molar-refractivity contribution in [1.29, 1.82) is 0 Å². The Morgan fingerprint density at radius 3 is 2.68 bits per heavy atom. The van der Waals surface area contributed by atoms with Crippen LogP contribution in [0.3, 0.4) is 0 Å². The van der Waals surface area contributed by atoms with Crippen LogP contribution in [-0.2, 0) is 4.79 Å². The molecule has 144 valence electrons. The Hall–Kier alpha value is -3.62. The SMILES string of the molecule is COc1ccc(-n2nc(C)c3c2NC(=O)C[C@@H]3c2ccc(O)c(OC)c2)nn1. The molecule has 2 N–H and O–H groups in total. The van der Waals surface area contributed by atoms with Crippen LogP contribution in [0.1, 0.15) is 29.2 Å². The maximum Gasteiger partial charge on any atom is 0.233 e. The number of phenols is 1. The minimum atomic E-state index is -0.224. The lowest BCUT2D eigenvalue weighted by Gasteiger charge is -2.24. The summed E-state index contributed by atoms with van der Waals surface area (Å²) in [5.74, 6) is 1.47. The number of aromatic hydroxyl groups is 1. The molecule has 1 aliphatic heterocycles. The largest absolute Gasteiger partial charge is 0.504 e. The van der Waals surface area contributed by atoms with Crippen LogP contribution < -0.4 is 14.8 Å². The lowest BCUT2D eigenvalue weighted by atomic mass is 9.85. The molecule has 0 aliphatic carbocycles. The quantitative estimate of drug-likeness (QED) is 0.712. The van der Waals surface area contributed by atoms with Gasteiger partial charge in [-0.05, 0) is 30.7 Å². The fourth-order valence-electron chi connectivity index (χ4n) is 3.44. The number of anilines is 1. The van der Waals surface area contributed by atoms with E-state index in [4.69, 9.17) is 9.47 Å². The Morgan fingerprint density at radius 2 is 2.00 bits per heavy atom. The number of hydrogen-bond acceptors (Lipinski definition) is 7. The van der Waals surface area contributed by atoms with E-state index in [1.54, 1.807) is 35.0 Å². The number of fused-ring (bicyclic) bond motifs is 1. The first kappa shape index (κ1) is 17.8. The van der Waals surface area contributed by atoms with Gasteiger partial charge in [-0.15, -0.1) is 10.2 Å². The molecule has 0 fully saturated rings. The number of nitrogens with zero attached hydrogens (tertiary/aromatic N) is 4. The van der Waals surface area contributed by atoms with E-state index in [0.29, 0.717) is 23.3 Å². The fraction of sp³-hybridized carbons (Fsp3) is 0.263. The number of nitrogens with one attached hydrogen (secondary N) is 1. The number of carbonyl (C=O) groups excluding carboxylic acids is 1. The zero-order chi connectivity index (χ0) is 19.8. The summed E-state index contributed by atoms with van der Waals surface area (Å²) in [6.07, 6.45) is 0.266. The summed E-state index contributed by atoms with van der Waals surface area (Å²) in [7, 11) is 3.00. The number of aryl methyl sites for hydroxylation is 1. The maximum atomic E-state index is 12.4. The normalized spacial score (nSPS) is 15.7. The highest BCUT2D eigenvalue weighted by Gasteiger charge is 2.33. The molecule has 1 atom stereocenters. The molecular weight excluding hydrogens is 362 g/mol. The van der Waals surface area contributed by atoms with Crippen molar-refractivity contribution in [1.82, 2.24) is 20.0 Å². The highest BCUT2D eigenvalue weighted by atomic mass is 16.5. The molecule has 4 rings (SSSR count). The van der Waals surface area contributed by atoms with Gasteiger partial charge in [0.2, 0.25) is 11.8 Å². The Labute approximate surface area is 160 Å². The Balaban J connectivity index is 1.83. The van der Waals surface area contributed by atoms with E-state index in [0.717, 1.165) is 16.8 Å². The van der Waals surface area contributed by atoms with Crippen molar-refractivity contribution in [3.8, 4) is 23.2 Å². The van der Waals surface area contributed by atoms with E-state index in [2.05, 4.69) is 20.6 Å². The molecule has 28 heavy (non-hydrogen) atoms. The van der Waals surface area contributed by atoms with Crippen LogP contribution in [0, 0.1) is 6.92 Å². The molecule has 3 aromatic rings. The minimum Gasteiger partial charge on any atom is -0.504 e. The Kier molecular flexibility index (Phi) is 4.34. The summed E-state index contributed by atoms with van der Waals surface area (Å²) in [5.41, 5.74) is 2.52. The number of hydrogen-bond donors (Lipinski definition) is 2. The van der Waals surface area contributed by atoms with E-state index in [9.17, 15) is 9.90 Å². The highest BCUT2D eigenvalue weighted by molar-refractivity contribution is 5.95. The third-order valence-electron chi connectivity index (χ3n) is 4.76. The van der Waals surface area contributed by atoms with Crippen molar-refractivity contribution < 1.29 is 19.4 Å². The van der Waals surface area contributed by atoms with Gasteiger partial charge in [-0.3, -0.25) is 4.79 Å². The van der Waals surface area contributed by atoms with Gasteiger partial charge in [-0.1, -0.05) is 6.07 Å². The predicted octanol–water partition coefficient (Wildman–Crippen LogP) is 2.17. The minimum absolute atomic E-state index is 0.0488. The van der Waals surface area contributed by atoms with Gasteiger partial charge in [-0.25, -0.2) is 0 Å². The van der Waals surface area contributed by atoms with Crippen LogP contribution in [0.2, 0.25) is 0 Å². The molecule has 1 aliphatic rings. The monoisotopic (exact) mass is 381 g/mol. The lowest BCUT2D eigenvalue weighted by molar-refractivity contribution is -0.116. The first-order valence-corrected chi connectivity index (χ1v) is 8.66. The summed E-state index contributed by atoms with van der Waals surface area (Å²) >= 11 is 0. The van der Waals surface area contributed by atoms with Gasteiger partial charge in [0.15, 0.2) is 17.3 Å². The molecular formula is C19H19N5O4. The van der Waals surface area contributed by atoms with Gasteiger partial charge >= 0.3 is 0 Å². The summed E-state index contributed by atoms with van der Waals surface area (Å²) < 4.78 is 11.8. The number of methoxy groups -OCH3 is 2. The predicted molar refractivity (Wildman–Crippen MR) is 100 cm³/mol. The highest BCUT2D eigenvalue weighted by Crippen LogP contribution is 2.42. The topological polar surface area (TPSA) is 111 Å². The number of carbonyl (C=O) groups is 1. The van der Waals surface area contributed by atoms with Crippen molar-refractivity contribution in [3.05, 3.63) is 47.2 Å². The van der Waals surface area contributed by atoms with Crippen LogP contribution >= 0.6 is 0 Å². The number of aromatic nitrogens is 4. The second-order valence-corrected chi connectivity index (χ2v) is 6.43. The molecule has 2 aromatic heterocycles. The summed E-state index contributed by atoms with van der Waals surface area (Å²) in [6, 6.07) is 8.49. The summed E-state index contributed by atoms with van der Waals surface area (Å²) in [5, 5.41) is 25.4. The van der Waals surface area contributed by atoms with Crippen molar-refractivity contribution in [2.45, 2.75) is 19.3 Å². The third kappa shape index (κ3) is 2.90. The molecule has 0 saturated carbocycles. The Bertz CT molecular complexity index is 1050. The number of rotatable bonds is 4. The van der Waals surface area contributed by atoms with Gasteiger partial charge in [0.05, 0.1) is 19.9 Å². The second kappa shape index (κ2) is 6.84. The van der Waals surface area contributed by atoms with Gasteiger partial charge in [-0.2, -0.15) is 9.78 Å². The fourth-order valence-corrected chi connectivity index (χ4v) is 3.44. The molecule has 0 radical (unpaired) electrons. The van der Waals surface area contributed by atoms with Crippen molar-refractivity contribution in [2.75, 3.05) is 19.5 Å². The molecule has 3 heterocycles. The van der Waals surface area contributed by atoms with Crippen LogP contribution in [0.15, 0.2) is 30.3 Å². The van der Waals surface area contributed by atoms with Crippen LogP contribution in [0.5, 0.6) is 17.4 Å². The number of phenolic OH excluding ortho intramolecular Hbond substituents is 1. The molecule has 0 spiro atoms. The average molecular weight is 381 g/mol. The van der Waals surface area contributed by atoms with E-state index < -0.39 is 0 Å². The average Bonchev–Trinajstić information content (AvgIpc) is 3.04. The van der Waals surface area contributed by atoms with Gasteiger partial charge in [0.25, 0.3) is 0 Å². The van der Waals surface area contributed by atoms with Gasteiger partial charge < -0.3 is 19.9 Å². The van der Waals surface area contributed by atoms with Crippen molar-refractivity contribution in [3.63, 3.8) is 0 Å². The zero-order valence-electron chi connectivity index (χ0n) is 15.6. The molecule has 0 saturated heterocycles. The number of ether oxygens (including phenoxy) is 2. The summed E-state index contributed by atoms with van der Waals surface area (Å²) in [6.45, 7) is 1.88. The first-order chi connectivity index (χ1) is 13.5. The van der Waals surface area contributed by atoms with Crippen molar-refractivity contribution in [2.24, 2.45) is 0 Å². The lowest BCUT2D eigenvalue weighted by Crippen LogP contribution is -2.25. The maximum absolute atomic E-state index is 12.4. The van der Waals surface area contributed by atoms with Gasteiger partial charge in [0, 0.05) is 24.0 Å². The number of benzene rings is 1. The van der Waals surface area contributed by atoms with Crippen LogP contribution in [0.25, 0.3) is 5.82 Å². The Morgan fingerprint density at radius 1 is 1.18 bits per heavy atom. The zero-order valence-corrected chi connectivity index (χ0v) is 15.6. The summed E-state index contributed by atoms with van der Waals surface area (Å²) in [4.78, 5) is 12.4. The third-order valence-corrected chi connectivity index (χ3v) is 4.76. The van der Waals surface area contributed by atoms with E-state index in [-0.39, 0.29) is 24.0 Å². The molecule has 0 unspecified atom stereocenters. The second-order valence-electron chi connectivity index (χ2n) is 6.43. The van der Waals surface area contributed by atoms with Crippen LogP contribution in [0.4, 0.5) is 5.82 Å². The van der Waals surface area contributed by atoms with E-state index in [1.807, 2.05) is 6.92 Å². The van der Waals surface area contributed by atoms with Crippen LogP contribution in [-0.4, -0.2) is 45.2 Å². The first-order valence-electron chi connectivity index (χ1n) is 8.66. The number of amides is 1. The molecule has 0 bridgehead atoms. The van der Waals surface area contributed by atoms with E-state index in [1.165, 1.54) is 14.2 Å². The molecule has 9 heteroatoms. The van der Waals surface area contributed by atoms with E-state index >= 15 is 0 Å². The van der Waals surface area contributed by atoms with Crippen molar-refractivity contribution >= 4 is 11.7 Å². The molecule has 1 aromatic carbocycles. The molecule has 9 nitrogen and oxygen atoms in total.